The molecule has 0 aromatic rings. The normalized spacial score (nSPS) is 14.8. The first kappa shape index (κ1) is 22.5. The molecule has 17 heavy (non-hydrogen) atoms. The van der Waals surface area contributed by atoms with Gasteiger partial charge < -0.3 is 0 Å². The fraction of sp³-hybridized carbons (Fsp3) is 0.357. The van der Waals surface area contributed by atoms with E-state index in [4.69, 9.17) is 0 Å². The molecule has 0 atom stereocenters. The van der Waals surface area contributed by atoms with Crippen molar-refractivity contribution in [2.75, 3.05) is 0 Å². The van der Waals surface area contributed by atoms with Gasteiger partial charge in [-0.1, -0.05) is 13.8 Å². The van der Waals surface area contributed by atoms with Gasteiger partial charge in [-0.15, -0.1) is 44.6 Å². The van der Waals surface area contributed by atoms with E-state index in [9.17, 15) is 0 Å². The Balaban J connectivity index is -0.000000192. The Morgan fingerprint density at radius 2 is 1.76 bits per heavy atom. The molecule has 2 aliphatic carbocycles. The summed E-state index contributed by atoms with van der Waals surface area (Å²) < 4.78 is 3.39. The second kappa shape index (κ2) is 14.3. The van der Waals surface area contributed by atoms with E-state index in [0.29, 0.717) is 0 Å². The van der Waals surface area contributed by atoms with E-state index >= 15 is 0 Å². The van der Waals surface area contributed by atoms with Crippen LogP contribution in [-0.2, 0) is 23.9 Å². The molecule has 0 unspecified atom stereocenters. The minimum atomic E-state index is 0. The average molecular weight is 438 g/mol. The number of hydrogen-bond acceptors (Lipinski definition) is 0. The molecule has 0 nitrogen and oxygen atoms in total. The summed E-state index contributed by atoms with van der Waals surface area (Å²) >= 11 is 1.06. The second-order valence-electron chi connectivity index (χ2n) is 3.39. The summed E-state index contributed by atoms with van der Waals surface area (Å²) in [7, 11) is 0. The molecule has 0 aromatic heterocycles. The molecule has 0 saturated carbocycles. The first-order valence-corrected chi connectivity index (χ1v) is 7.57. The second-order valence-corrected chi connectivity index (χ2v) is 3.39. The van der Waals surface area contributed by atoms with Crippen molar-refractivity contribution in [1.29, 1.82) is 0 Å². The van der Waals surface area contributed by atoms with Crippen LogP contribution in [0.2, 0.25) is 0 Å². The number of allylic oxidation sites excluding steroid dienone is 8. The Morgan fingerprint density at radius 3 is 1.88 bits per heavy atom. The molecule has 0 radical (unpaired) electrons. The molecule has 94 valence electrons. The van der Waals surface area contributed by atoms with Gasteiger partial charge in [0.25, 0.3) is 0 Å². The third-order valence-corrected chi connectivity index (χ3v) is 2.41. The minimum absolute atomic E-state index is 0. The van der Waals surface area contributed by atoms with Crippen molar-refractivity contribution in [1.82, 2.24) is 0 Å². The van der Waals surface area contributed by atoms with E-state index in [-0.39, 0.29) is 24.8 Å². The van der Waals surface area contributed by atoms with Gasteiger partial charge in [0, 0.05) is 0 Å². The predicted molar refractivity (Wildman–Crippen MR) is 78.6 cm³/mol. The van der Waals surface area contributed by atoms with Crippen molar-refractivity contribution >= 4 is 29.1 Å². The Bertz CT molecular complexity index is 297. The third kappa shape index (κ3) is 9.93. The van der Waals surface area contributed by atoms with Crippen LogP contribution in [0.5, 0.6) is 0 Å². The van der Waals surface area contributed by atoms with Crippen molar-refractivity contribution in [2.45, 2.75) is 33.6 Å². The van der Waals surface area contributed by atoms with Gasteiger partial charge in [-0.2, -0.15) is 17.2 Å². The van der Waals surface area contributed by atoms with Crippen molar-refractivity contribution in [3.05, 3.63) is 47.1 Å². The fourth-order valence-electron chi connectivity index (χ4n) is 1.19. The SMILES string of the molecule is CC1=[C-]CC(C)=C1C.Cl.Cl.[C-]1=CC=CC1.[CH2]=[Hf+2]. The zero-order chi connectivity index (χ0) is 11.7. The molecule has 0 saturated heterocycles. The molecule has 0 N–H and O–H groups in total. The van der Waals surface area contributed by atoms with Crippen molar-refractivity contribution in [3.8, 4) is 0 Å². The molecule has 0 bridgehead atoms. The first-order valence-electron chi connectivity index (χ1n) is 5.03. The van der Waals surface area contributed by atoms with E-state index in [0.717, 1.165) is 36.7 Å². The molecule has 0 fully saturated rings. The summed E-state index contributed by atoms with van der Waals surface area (Å²) in [5, 5.41) is 0. The Labute approximate surface area is 133 Å². The standard InChI is InChI=1S/C8H11.C5H5.CH2.2ClH.Hf/c1-6-4-5-7(2)8(6)3;1-2-4-5-3-1;;;;/h4H2,1-3H3;1-3H,4H2;1H2;2*1H;/q2*-1;;;;+2. The molecule has 3 heteroatoms. The van der Waals surface area contributed by atoms with Crippen LogP contribution < -0.4 is 0 Å². The summed E-state index contributed by atoms with van der Waals surface area (Å²) in [6.45, 7) is 6.44. The average Bonchev–Trinajstić information content (AvgIpc) is 2.92. The van der Waals surface area contributed by atoms with E-state index in [2.05, 4.69) is 43.3 Å². The van der Waals surface area contributed by atoms with Crippen LogP contribution in [0.3, 0.4) is 0 Å². The number of halogens is 2. The first-order chi connectivity index (χ1) is 7.22. The Hall–Kier alpha value is 0.280. The van der Waals surface area contributed by atoms with Gasteiger partial charge >= 0.3 is 28.2 Å². The van der Waals surface area contributed by atoms with Crippen molar-refractivity contribution in [2.24, 2.45) is 0 Å². The molecule has 0 aliphatic heterocycles. The van der Waals surface area contributed by atoms with E-state index in [1.165, 1.54) is 16.7 Å². The van der Waals surface area contributed by atoms with Crippen LogP contribution in [0.4, 0.5) is 0 Å². The number of hydrogen-bond donors (Lipinski definition) is 0. The van der Waals surface area contributed by atoms with Gasteiger partial charge in [0.15, 0.2) is 0 Å². The van der Waals surface area contributed by atoms with Gasteiger partial charge in [-0.25, -0.2) is 17.7 Å². The predicted octanol–water partition coefficient (Wildman–Crippen LogP) is 4.59. The molecule has 0 amide bonds. The maximum atomic E-state index is 3.39. The fourth-order valence-corrected chi connectivity index (χ4v) is 1.19. The van der Waals surface area contributed by atoms with Crippen LogP contribution in [0.1, 0.15) is 33.6 Å². The zero-order valence-electron chi connectivity index (χ0n) is 10.7. The van der Waals surface area contributed by atoms with Crippen LogP contribution >= 0.6 is 24.8 Å². The summed E-state index contributed by atoms with van der Waals surface area (Å²) in [6.07, 6.45) is 14.3. The van der Waals surface area contributed by atoms with Gasteiger partial charge in [0.2, 0.25) is 0 Å². The molecule has 2 aliphatic rings. The summed E-state index contributed by atoms with van der Waals surface area (Å²) in [5.74, 6) is 0. The zero-order valence-corrected chi connectivity index (χ0v) is 15.9. The quantitative estimate of drug-likeness (QED) is 0.384. The summed E-state index contributed by atoms with van der Waals surface area (Å²) in [5.41, 5.74) is 4.25. The van der Waals surface area contributed by atoms with Gasteiger partial charge in [0.05, 0.1) is 0 Å². The summed E-state index contributed by atoms with van der Waals surface area (Å²) in [4.78, 5) is 0. The van der Waals surface area contributed by atoms with E-state index in [1.807, 2.05) is 12.2 Å². The van der Waals surface area contributed by atoms with E-state index < -0.39 is 0 Å². The van der Waals surface area contributed by atoms with Crippen LogP contribution in [0, 0.1) is 12.2 Å². The molecular formula is C14H20Cl2Hf. The van der Waals surface area contributed by atoms with Gasteiger partial charge in [-0.3, -0.25) is 12.2 Å². The van der Waals surface area contributed by atoms with Crippen molar-refractivity contribution in [3.63, 3.8) is 0 Å². The Morgan fingerprint density at radius 1 is 1.18 bits per heavy atom. The Kier molecular flexibility index (Phi) is 18.9. The van der Waals surface area contributed by atoms with Crippen molar-refractivity contribution < 1.29 is 23.9 Å². The molecule has 0 spiro atoms. The number of rotatable bonds is 0. The van der Waals surface area contributed by atoms with Crippen LogP contribution in [0.15, 0.2) is 34.9 Å². The van der Waals surface area contributed by atoms with Gasteiger partial charge in [-0.05, 0) is 0 Å². The van der Waals surface area contributed by atoms with Gasteiger partial charge in [0.1, 0.15) is 0 Å². The molecule has 0 aromatic carbocycles. The summed E-state index contributed by atoms with van der Waals surface area (Å²) in [6, 6.07) is 0. The molecular weight excluding hydrogens is 418 g/mol. The van der Waals surface area contributed by atoms with Crippen LogP contribution in [0.25, 0.3) is 0 Å². The third-order valence-electron chi connectivity index (χ3n) is 2.41. The molecule has 2 rings (SSSR count). The topological polar surface area (TPSA) is 0 Å². The molecule has 0 heterocycles. The monoisotopic (exact) mass is 438 g/mol. The van der Waals surface area contributed by atoms with E-state index in [1.54, 1.807) is 0 Å². The van der Waals surface area contributed by atoms with Crippen LogP contribution in [-0.4, -0.2) is 4.26 Å². The maximum absolute atomic E-state index is 3.39.